The number of halogens is 1. The largest absolute Gasteiger partial charge is 0.302 e. The molecule has 1 aromatic carbocycles. The number of hydrogen-bond acceptors (Lipinski definition) is 3. The van der Waals surface area contributed by atoms with Gasteiger partial charge in [-0.1, -0.05) is 0 Å². The molecular weight excluding hydrogens is 233 g/mol. The molecule has 18 heavy (non-hydrogen) atoms. The van der Waals surface area contributed by atoms with Crippen molar-refractivity contribution < 1.29 is 9.18 Å². The number of nitrogens with two attached hydrogens (primary N) is 1. The van der Waals surface area contributed by atoms with Gasteiger partial charge in [-0.05, 0) is 44.0 Å². The minimum absolute atomic E-state index is 0.286. The Bertz CT molecular complexity index is 446. The molecule has 1 aromatic rings. The Morgan fingerprint density at radius 1 is 1.56 bits per heavy atom. The first-order chi connectivity index (χ1) is 8.60. The van der Waals surface area contributed by atoms with Gasteiger partial charge in [-0.25, -0.2) is 10.2 Å². The molecule has 0 atom stereocenters. The molecule has 4 nitrogen and oxygen atoms in total. The van der Waals surface area contributed by atoms with Crippen LogP contribution in [0.15, 0.2) is 18.2 Å². The first kappa shape index (κ1) is 13.0. The molecule has 0 heterocycles. The van der Waals surface area contributed by atoms with Gasteiger partial charge in [0.25, 0.3) is 5.91 Å². The summed E-state index contributed by atoms with van der Waals surface area (Å²) < 4.78 is 13.7. The third kappa shape index (κ3) is 3.27. The van der Waals surface area contributed by atoms with Crippen molar-refractivity contribution in [2.45, 2.75) is 19.4 Å². The van der Waals surface area contributed by atoms with Crippen molar-refractivity contribution >= 4 is 5.91 Å². The second kappa shape index (κ2) is 5.46. The fraction of sp³-hybridized carbons (Fsp3) is 0.462. The molecule has 0 aliphatic heterocycles. The maximum absolute atomic E-state index is 13.7. The molecule has 0 saturated heterocycles. The van der Waals surface area contributed by atoms with Gasteiger partial charge in [0.05, 0.1) is 0 Å². The smallest absolute Gasteiger partial charge is 0.265 e. The van der Waals surface area contributed by atoms with Crippen molar-refractivity contribution in [1.29, 1.82) is 0 Å². The zero-order valence-corrected chi connectivity index (χ0v) is 10.4. The van der Waals surface area contributed by atoms with Gasteiger partial charge < -0.3 is 4.90 Å². The number of nitrogen functional groups attached to an aromatic ring is 1. The molecule has 2 rings (SSSR count). The van der Waals surface area contributed by atoms with E-state index in [0.717, 1.165) is 12.5 Å². The first-order valence-electron chi connectivity index (χ1n) is 6.08. The van der Waals surface area contributed by atoms with Gasteiger partial charge >= 0.3 is 0 Å². The van der Waals surface area contributed by atoms with Crippen molar-refractivity contribution in [1.82, 2.24) is 10.3 Å². The van der Waals surface area contributed by atoms with Gasteiger partial charge in [0.2, 0.25) is 0 Å². The zero-order valence-electron chi connectivity index (χ0n) is 10.4. The number of hydrazine groups is 1. The van der Waals surface area contributed by atoms with E-state index >= 15 is 0 Å². The molecule has 0 radical (unpaired) electrons. The van der Waals surface area contributed by atoms with Crippen LogP contribution in [0.25, 0.3) is 0 Å². The fourth-order valence-corrected chi connectivity index (χ4v) is 2.02. The van der Waals surface area contributed by atoms with Crippen LogP contribution < -0.4 is 11.3 Å². The van der Waals surface area contributed by atoms with E-state index in [1.807, 2.05) is 12.5 Å². The summed E-state index contributed by atoms with van der Waals surface area (Å²) in [4.78, 5) is 13.5. The quantitative estimate of drug-likeness (QED) is 0.471. The molecule has 1 aliphatic carbocycles. The number of carbonyl (C=O) groups is 1. The molecule has 98 valence electrons. The molecule has 0 aromatic heterocycles. The summed E-state index contributed by atoms with van der Waals surface area (Å²) >= 11 is 0. The molecule has 1 fully saturated rings. The summed E-state index contributed by atoms with van der Waals surface area (Å²) in [7, 11) is 1.97. The molecule has 1 aliphatic rings. The number of rotatable bonds is 5. The Labute approximate surface area is 106 Å². The normalized spacial score (nSPS) is 14.9. The van der Waals surface area contributed by atoms with E-state index in [-0.39, 0.29) is 5.82 Å². The SMILES string of the molecule is CN(Cc1cc(C(=O)NN)ccc1F)CC1CC1. The topological polar surface area (TPSA) is 58.4 Å². The number of benzene rings is 1. The van der Waals surface area contributed by atoms with Crippen molar-refractivity contribution in [2.24, 2.45) is 11.8 Å². The second-order valence-corrected chi connectivity index (χ2v) is 4.92. The van der Waals surface area contributed by atoms with Crippen LogP contribution in [0, 0.1) is 11.7 Å². The van der Waals surface area contributed by atoms with Crippen molar-refractivity contribution in [3.63, 3.8) is 0 Å². The summed E-state index contributed by atoms with van der Waals surface area (Å²) in [5.41, 5.74) is 2.96. The van der Waals surface area contributed by atoms with Crippen LogP contribution in [0.4, 0.5) is 4.39 Å². The van der Waals surface area contributed by atoms with Crippen molar-refractivity contribution in [2.75, 3.05) is 13.6 Å². The highest BCUT2D eigenvalue weighted by molar-refractivity contribution is 5.93. The van der Waals surface area contributed by atoms with E-state index < -0.39 is 5.91 Å². The summed E-state index contributed by atoms with van der Waals surface area (Å²) in [5, 5.41) is 0. The standard InChI is InChI=1S/C13H18FN3O/c1-17(7-9-2-3-9)8-11-6-10(13(18)16-15)4-5-12(11)14/h4-6,9H,2-3,7-8,15H2,1H3,(H,16,18). The molecule has 1 saturated carbocycles. The molecule has 3 N–H and O–H groups in total. The zero-order chi connectivity index (χ0) is 13.1. The van der Waals surface area contributed by atoms with Crippen molar-refractivity contribution in [3.05, 3.63) is 35.1 Å². The van der Waals surface area contributed by atoms with E-state index in [1.54, 1.807) is 6.07 Å². The highest BCUT2D eigenvalue weighted by Gasteiger charge is 2.23. The Morgan fingerprint density at radius 3 is 2.89 bits per heavy atom. The third-order valence-electron chi connectivity index (χ3n) is 3.15. The van der Waals surface area contributed by atoms with Crippen LogP contribution in [-0.2, 0) is 6.54 Å². The van der Waals surface area contributed by atoms with E-state index in [4.69, 9.17) is 5.84 Å². The highest BCUT2D eigenvalue weighted by atomic mass is 19.1. The van der Waals surface area contributed by atoms with Gasteiger partial charge in [-0.3, -0.25) is 10.2 Å². The molecule has 0 spiro atoms. The molecule has 5 heteroatoms. The first-order valence-corrected chi connectivity index (χ1v) is 6.08. The van der Waals surface area contributed by atoms with Gasteiger partial charge in [0.15, 0.2) is 0 Å². The molecule has 0 unspecified atom stereocenters. The number of nitrogens with zero attached hydrogens (tertiary/aromatic N) is 1. The van der Waals surface area contributed by atoms with E-state index in [1.165, 1.54) is 25.0 Å². The Kier molecular flexibility index (Phi) is 3.93. The lowest BCUT2D eigenvalue weighted by Gasteiger charge is -2.17. The second-order valence-electron chi connectivity index (χ2n) is 4.92. The third-order valence-corrected chi connectivity index (χ3v) is 3.15. The summed E-state index contributed by atoms with van der Waals surface area (Å²) in [5.74, 6) is 5.13. The van der Waals surface area contributed by atoms with Gasteiger partial charge in [-0.2, -0.15) is 0 Å². The van der Waals surface area contributed by atoms with Crippen LogP contribution in [-0.4, -0.2) is 24.4 Å². The average Bonchev–Trinajstić information content (AvgIpc) is 3.14. The molecular formula is C13H18FN3O. The fourth-order valence-electron chi connectivity index (χ4n) is 2.02. The lowest BCUT2D eigenvalue weighted by Crippen LogP contribution is -2.30. The predicted molar refractivity (Wildman–Crippen MR) is 67.1 cm³/mol. The Morgan fingerprint density at radius 2 is 2.28 bits per heavy atom. The van der Waals surface area contributed by atoms with Crippen LogP contribution in [0.2, 0.25) is 0 Å². The van der Waals surface area contributed by atoms with Gasteiger partial charge in [0, 0.05) is 24.2 Å². The maximum atomic E-state index is 13.7. The Balaban J connectivity index is 2.07. The number of nitrogens with one attached hydrogen (secondary N) is 1. The lowest BCUT2D eigenvalue weighted by atomic mass is 10.1. The number of hydrogen-bond donors (Lipinski definition) is 2. The van der Waals surface area contributed by atoms with Crippen LogP contribution in [0.3, 0.4) is 0 Å². The summed E-state index contributed by atoms with van der Waals surface area (Å²) in [6, 6.07) is 4.30. The van der Waals surface area contributed by atoms with Crippen LogP contribution in [0.1, 0.15) is 28.8 Å². The van der Waals surface area contributed by atoms with E-state index in [2.05, 4.69) is 4.90 Å². The van der Waals surface area contributed by atoms with E-state index in [9.17, 15) is 9.18 Å². The molecule has 1 amide bonds. The van der Waals surface area contributed by atoms with Gasteiger partial charge in [0.1, 0.15) is 5.82 Å². The monoisotopic (exact) mass is 251 g/mol. The van der Waals surface area contributed by atoms with E-state index in [0.29, 0.717) is 17.7 Å². The number of amides is 1. The summed E-state index contributed by atoms with van der Waals surface area (Å²) in [6.45, 7) is 1.49. The van der Waals surface area contributed by atoms with Crippen LogP contribution >= 0.6 is 0 Å². The minimum Gasteiger partial charge on any atom is -0.302 e. The predicted octanol–water partition coefficient (Wildman–Crippen LogP) is 1.27. The minimum atomic E-state index is -0.402. The highest BCUT2D eigenvalue weighted by Crippen LogP contribution is 2.29. The average molecular weight is 251 g/mol. The molecule has 0 bridgehead atoms. The Hall–Kier alpha value is -1.46. The lowest BCUT2D eigenvalue weighted by molar-refractivity contribution is 0.0953. The van der Waals surface area contributed by atoms with Crippen molar-refractivity contribution in [3.8, 4) is 0 Å². The number of carbonyl (C=O) groups excluding carboxylic acids is 1. The van der Waals surface area contributed by atoms with Gasteiger partial charge in [-0.15, -0.1) is 0 Å². The maximum Gasteiger partial charge on any atom is 0.265 e. The van der Waals surface area contributed by atoms with Crippen LogP contribution in [0.5, 0.6) is 0 Å². The summed E-state index contributed by atoms with van der Waals surface area (Å²) in [6.07, 6.45) is 2.53.